The van der Waals surface area contributed by atoms with Crippen LogP contribution in [0.1, 0.15) is 16.5 Å². The minimum absolute atomic E-state index is 0.610. The lowest BCUT2D eigenvalue weighted by atomic mass is 10.2. The molecule has 0 aliphatic carbocycles. The molecule has 0 amide bonds. The molecule has 0 saturated carbocycles. The Bertz CT molecular complexity index is 751. The van der Waals surface area contributed by atoms with E-state index < -0.39 is 12.0 Å². The highest BCUT2D eigenvalue weighted by Crippen LogP contribution is 2.24. The third kappa shape index (κ3) is 2.23. The number of fused-ring (bicyclic) bond motifs is 1. The number of hydrogen-bond donors (Lipinski definition) is 2. The van der Waals surface area contributed by atoms with E-state index in [1.807, 2.05) is 30.5 Å². The molecule has 0 aliphatic rings. The maximum Gasteiger partial charge on any atom is 0.331 e. The molecular weight excluding hydrogens is 276 g/mol. The third-order valence-corrected chi connectivity index (χ3v) is 3.83. The van der Waals surface area contributed by atoms with Crippen molar-refractivity contribution in [3.63, 3.8) is 0 Å². The van der Waals surface area contributed by atoms with Crippen LogP contribution in [0.2, 0.25) is 0 Å². The Labute approximate surface area is 118 Å². The van der Waals surface area contributed by atoms with Crippen LogP contribution in [-0.4, -0.2) is 25.7 Å². The summed E-state index contributed by atoms with van der Waals surface area (Å²) in [6.45, 7) is 1.93. The van der Waals surface area contributed by atoms with Gasteiger partial charge >= 0.3 is 5.97 Å². The van der Waals surface area contributed by atoms with Crippen molar-refractivity contribution in [3.05, 3.63) is 46.4 Å². The largest absolute Gasteiger partial charge is 0.479 e. The molecule has 0 spiro atoms. The van der Waals surface area contributed by atoms with Gasteiger partial charge in [0.15, 0.2) is 11.7 Å². The van der Waals surface area contributed by atoms with Crippen LogP contribution in [0.25, 0.3) is 5.65 Å². The number of carboxylic acid groups (broad SMARTS) is 1. The fraction of sp³-hybridized carbons (Fsp3) is 0.154. The minimum atomic E-state index is -0.928. The molecule has 2 N–H and O–H groups in total. The number of hydrogen-bond acceptors (Lipinski definition) is 5. The highest BCUT2D eigenvalue weighted by atomic mass is 32.1. The lowest BCUT2D eigenvalue weighted by molar-refractivity contribution is -0.138. The molecule has 6 nitrogen and oxygen atoms in total. The molecule has 7 heteroatoms. The van der Waals surface area contributed by atoms with Crippen LogP contribution in [-0.2, 0) is 4.79 Å². The Morgan fingerprint density at radius 1 is 1.50 bits per heavy atom. The maximum absolute atomic E-state index is 11.5. The number of carbonyl (C=O) groups is 1. The Morgan fingerprint density at radius 2 is 2.35 bits per heavy atom. The Morgan fingerprint density at radius 3 is 3.05 bits per heavy atom. The van der Waals surface area contributed by atoms with Crippen molar-refractivity contribution in [2.24, 2.45) is 0 Å². The summed E-state index contributed by atoms with van der Waals surface area (Å²) >= 11 is 1.40. The van der Waals surface area contributed by atoms with E-state index in [0.717, 1.165) is 10.4 Å². The summed E-state index contributed by atoms with van der Waals surface area (Å²) in [5.74, 6) is -0.319. The lowest BCUT2D eigenvalue weighted by Crippen LogP contribution is -2.21. The molecule has 0 bridgehead atoms. The molecule has 3 heterocycles. The van der Waals surface area contributed by atoms with E-state index in [4.69, 9.17) is 0 Å². The van der Waals surface area contributed by atoms with Gasteiger partial charge in [0.2, 0.25) is 0 Å². The van der Waals surface area contributed by atoms with E-state index in [-0.39, 0.29) is 0 Å². The second kappa shape index (κ2) is 4.93. The van der Waals surface area contributed by atoms with Gasteiger partial charge in [0.1, 0.15) is 12.1 Å². The smallest absolute Gasteiger partial charge is 0.331 e. The van der Waals surface area contributed by atoms with E-state index >= 15 is 0 Å². The van der Waals surface area contributed by atoms with Crippen molar-refractivity contribution < 1.29 is 9.90 Å². The quantitative estimate of drug-likeness (QED) is 0.770. The van der Waals surface area contributed by atoms with Crippen molar-refractivity contribution in [1.29, 1.82) is 0 Å². The van der Waals surface area contributed by atoms with Crippen LogP contribution >= 0.6 is 11.3 Å². The lowest BCUT2D eigenvalue weighted by Gasteiger charge is -2.15. The van der Waals surface area contributed by atoms with Crippen LogP contribution in [0.5, 0.6) is 0 Å². The van der Waals surface area contributed by atoms with Gasteiger partial charge in [-0.15, -0.1) is 11.3 Å². The molecule has 3 aromatic heterocycles. The van der Waals surface area contributed by atoms with Gasteiger partial charge in [0, 0.05) is 4.88 Å². The number of aromatic nitrogens is 3. The normalized spacial score (nSPS) is 12.4. The highest BCUT2D eigenvalue weighted by molar-refractivity contribution is 7.10. The third-order valence-electron chi connectivity index (χ3n) is 2.89. The number of nitrogens with one attached hydrogen (secondary N) is 1. The minimum Gasteiger partial charge on any atom is -0.479 e. The Hall–Kier alpha value is -2.41. The zero-order valence-electron chi connectivity index (χ0n) is 10.6. The second-order valence-corrected chi connectivity index (χ2v) is 5.36. The van der Waals surface area contributed by atoms with Crippen LogP contribution in [0, 0.1) is 6.92 Å². The number of anilines is 1. The molecule has 0 fully saturated rings. The van der Waals surface area contributed by atoms with Gasteiger partial charge in [-0.05, 0) is 36.1 Å². The van der Waals surface area contributed by atoms with Gasteiger partial charge < -0.3 is 10.4 Å². The molecule has 20 heavy (non-hydrogen) atoms. The molecule has 0 aromatic carbocycles. The number of aliphatic carboxylic acids is 1. The van der Waals surface area contributed by atoms with Crippen molar-refractivity contribution >= 4 is 28.8 Å². The first-order chi connectivity index (χ1) is 9.65. The zero-order valence-corrected chi connectivity index (χ0v) is 11.5. The first kappa shape index (κ1) is 12.6. The van der Waals surface area contributed by atoms with E-state index in [1.54, 1.807) is 10.6 Å². The SMILES string of the molecule is Cc1cc(NC(C(=O)O)c2cccs2)n2ncnc2c1. The molecule has 1 atom stereocenters. The summed E-state index contributed by atoms with van der Waals surface area (Å²) in [5.41, 5.74) is 1.67. The van der Waals surface area contributed by atoms with Crippen molar-refractivity contribution in [1.82, 2.24) is 14.6 Å². The molecule has 3 aromatic rings. The molecule has 0 aliphatic heterocycles. The predicted octanol–water partition coefficient (Wildman–Crippen LogP) is 2.34. The van der Waals surface area contributed by atoms with Crippen molar-refractivity contribution in [3.8, 4) is 0 Å². The summed E-state index contributed by atoms with van der Waals surface area (Å²) in [7, 11) is 0. The van der Waals surface area contributed by atoms with Crippen LogP contribution in [0.15, 0.2) is 36.0 Å². The topological polar surface area (TPSA) is 79.5 Å². The van der Waals surface area contributed by atoms with Gasteiger partial charge in [-0.25, -0.2) is 9.78 Å². The zero-order chi connectivity index (χ0) is 14.1. The van der Waals surface area contributed by atoms with Crippen LogP contribution in [0.3, 0.4) is 0 Å². The maximum atomic E-state index is 11.5. The molecule has 3 rings (SSSR count). The average molecular weight is 288 g/mol. The van der Waals surface area contributed by atoms with Gasteiger partial charge in [0.25, 0.3) is 0 Å². The monoisotopic (exact) mass is 288 g/mol. The van der Waals surface area contributed by atoms with E-state index in [2.05, 4.69) is 15.4 Å². The summed E-state index contributed by atoms with van der Waals surface area (Å²) in [6.07, 6.45) is 1.45. The number of carboxylic acids is 1. The number of thiophene rings is 1. The molecule has 0 radical (unpaired) electrons. The second-order valence-electron chi connectivity index (χ2n) is 4.38. The van der Waals surface area contributed by atoms with E-state index in [0.29, 0.717) is 11.5 Å². The highest BCUT2D eigenvalue weighted by Gasteiger charge is 2.22. The van der Waals surface area contributed by atoms with Gasteiger partial charge in [0.05, 0.1) is 0 Å². The number of pyridine rings is 1. The van der Waals surface area contributed by atoms with Crippen molar-refractivity contribution in [2.45, 2.75) is 13.0 Å². The fourth-order valence-corrected chi connectivity index (χ4v) is 2.78. The Balaban J connectivity index is 2.02. The number of aryl methyl sites for hydroxylation is 1. The first-order valence-corrected chi connectivity index (χ1v) is 6.86. The Kier molecular flexibility index (Phi) is 3.11. The molecule has 1 unspecified atom stereocenters. The number of rotatable bonds is 4. The molecule has 102 valence electrons. The van der Waals surface area contributed by atoms with Crippen LogP contribution < -0.4 is 5.32 Å². The number of nitrogens with zero attached hydrogens (tertiary/aromatic N) is 3. The summed E-state index contributed by atoms with van der Waals surface area (Å²) < 4.78 is 1.59. The summed E-state index contributed by atoms with van der Waals surface area (Å²) in [5, 5.41) is 18.4. The van der Waals surface area contributed by atoms with E-state index in [9.17, 15) is 9.90 Å². The molecular formula is C13H12N4O2S. The van der Waals surface area contributed by atoms with Crippen molar-refractivity contribution in [2.75, 3.05) is 5.32 Å². The summed E-state index contributed by atoms with van der Waals surface area (Å²) in [6, 6.07) is 6.57. The first-order valence-electron chi connectivity index (χ1n) is 5.98. The van der Waals surface area contributed by atoms with Gasteiger partial charge in [-0.3, -0.25) is 0 Å². The van der Waals surface area contributed by atoms with Gasteiger partial charge in [-0.2, -0.15) is 9.61 Å². The predicted molar refractivity (Wildman–Crippen MR) is 76.0 cm³/mol. The molecule has 0 saturated heterocycles. The fourth-order valence-electron chi connectivity index (χ4n) is 2.02. The van der Waals surface area contributed by atoms with Crippen LogP contribution in [0.4, 0.5) is 5.82 Å². The van der Waals surface area contributed by atoms with Gasteiger partial charge in [-0.1, -0.05) is 6.07 Å². The summed E-state index contributed by atoms with van der Waals surface area (Å²) in [4.78, 5) is 16.3. The average Bonchev–Trinajstić information content (AvgIpc) is 3.05. The van der Waals surface area contributed by atoms with E-state index in [1.165, 1.54) is 17.7 Å². The standard InChI is InChI=1S/C13H12N4O2S/c1-8-5-10-14-7-15-17(10)11(6-8)16-12(13(18)19)9-3-2-4-20-9/h2-7,12,16H,1H3,(H,18,19).